The van der Waals surface area contributed by atoms with Crippen LogP contribution in [-0.4, -0.2) is 20.7 Å². The normalized spacial score (nSPS) is 14.3. The van der Waals surface area contributed by atoms with Gasteiger partial charge in [-0.05, 0) is 12.3 Å². The fourth-order valence-electron chi connectivity index (χ4n) is 0.514. The van der Waals surface area contributed by atoms with Crippen molar-refractivity contribution in [2.24, 2.45) is 10.4 Å². The monoisotopic (exact) mass is 170 g/mol. The number of rotatable bonds is 2. The minimum Gasteiger partial charge on any atom is -0.297 e. The van der Waals surface area contributed by atoms with E-state index in [1.54, 1.807) is 0 Å². The molecular weight excluding hydrogens is 150 g/mol. The third-order valence-corrected chi connectivity index (χ3v) is 2.51. The Labute approximate surface area is 72.5 Å². The summed E-state index contributed by atoms with van der Waals surface area (Å²) in [4.78, 5) is 4.56. The summed E-state index contributed by atoms with van der Waals surface area (Å²) in [5, 5.41) is 0. The Morgan fingerprint density at radius 1 is 1.27 bits per heavy atom. The molecule has 0 aromatic carbocycles. The van der Waals surface area contributed by atoms with E-state index in [1.807, 2.05) is 0 Å². The van der Waals surface area contributed by atoms with Crippen LogP contribution in [0.3, 0.4) is 0 Å². The van der Waals surface area contributed by atoms with Gasteiger partial charge in [0.15, 0.2) is 0 Å². The van der Waals surface area contributed by atoms with E-state index in [-0.39, 0.29) is 14.2 Å². The van der Waals surface area contributed by atoms with Crippen LogP contribution in [0.2, 0.25) is 13.1 Å². The standard InChI is InChI=1S/C9H20NSi/c1-8(9(2,3)4)10-7-11(5)6/h7H2,1-6H3. The fourth-order valence-corrected chi connectivity index (χ4v) is 1.07. The maximum Gasteiger partial charge on any atom is 0.0683 e. The minimum atomic E-state index is -0.177. The van der Waals surface area contributed by atoms with Gasteiger partial charge in [-0.1, -0.05) is 33.9 Å². The number of hydrogen-bond acceptors (Lipinski definition) is 1. The van der Waals surface area contributed by atoms with Gasteiger partial charge in [-0.15, -0.1) is 0 Å². The molecule has 65 valence electrons. The van der Waals surface area contributed by atoms with E-state index in [2.05, 4.69) is 45.8 Å². The molecular formula is C9H20NSi. The van der Waals surface area contributed by atoms with Crippen LogP contribution in [0.4, 0.5) is 0 Å². The van der Waals surface area contributed by atoms with Crippen LogP contribution in [0.15, 0.2) is 4.99 Å². The summed E-state index contributed by atoms with van der Waals surface area (Å²) in [7, 11) is -0.177. The third-order valence-electron chi connectivity index (χ3n) is 1.72. The molecule has 0 aromatic heterocycles. The first-order valence-electron chi connectivity index (χ1n) is 4.14. The molecule has 2 heteroatoms. The summed E-state index contributed by atoms with van der Waals surface area (Å²) in [6.07, 6.45) is 1.06. The maximum absolute atomic E-state index is 4.56. The van der Waals surface area contributed by atoms with Gasteiger partial charge >= 0.3 is 0 Å². The highest BCUT2D eigenvalue weighted by atomic mass is 28.3. The van der Waals surface area contributed by atoms with E-state index >= 15 is 0 Å². The molecule has 0 rings (SSSR count). The molecule has 0 aliphatic carbocycles. The van der Waals surface area contributed by atoms with Crippen molar-refractivity contribution >= 4 is 14.5 Å². The van der Waals surface area contributed by atoms with Gasteiger partial charge in [-0.25, -0.2) is 0 Å². The van der Waals surface area contributed by atoms with E-state index < -0.39 is 0 Å². The lowest BCUT2D eigenvalue weighted by Gasteiger charge is -2.18. The summed E-state index contributed by atoms with van der Waals surface area (Å²) >= 11 is 0. The van der Waals surface area contributed by atoms with E-state index in [9.17, 15) is 0 Å². The summed E-state index contributed by atoms with van der Waals surface area (Å²) in [6.45, 7) is 13.4. The topological polar surface area (TPSA) is 12.4 Å². The van der Waals surface area contributed by atoms with Gasteiger partial charge in [0.25, 0.3) is 0 Å². The molecule has 0 unspecified atom stereocenters. The second-order valence-corrected chi connectivity index (χ2v) is 7.09. The van der Waals surface area contributed by atoms with Crippen LogP contribution in [0.1, 0.15) is 27.7 Å². The molecule has 0 spiro atoms. The van der Waals surface area contributed by atoms with E-state index in [4.69, 9.17) is 0 Å². The largest absolute Gasteiger partial charge is 0.297 e. The summed E-state index contributed by atoms with van der Waals surface area (Å²) in [5.74, 6) is 0. The lowest BCUT2D eigenvalue weighted by molar-refractivity contribution is 0.586. The van der Waals surface area contributed by atoms with E-state index in [0.29, 0.717) is 0 Å². The minimum absolute atomic E-state index is 0.177. The second-order valence-electron chi connectivity index (χ2n) is 4.36. The Bertz CT molecular complexity index is 142. The molecule has 0 bridgehead atoms. The predicted molar refractivity (Wildman–Crippen MR) is 54.9 cm³/mol. The zero-order valence-corrected chi connectivity index (χ0v) is 9.65. The smallest absolute Gasteiger partial charge is 0.0683 e. The van der Waals surface area contributed by atoms with Gasteiger partial charge in [0, 0.05) is 11.9 Å². The van der Waals surface area contributed by atoms with Crippen molar-refractivity contribution < 1.29 is 0 Å². The van der Waals surface area contributed by atoms with Crippen LogP contribution in [0.25, 0.3) is 0 Å². The summed E-state index contributed by atoms with van der Waals surface area (Å²) in [5.41, 5.74) is 1.54. The molecule has 0 aliphatic heterocycles. The van der Waals surface area contributed by atoms with Crippen molar-refractivity contribution in [2.45, 2.75) is 40.8 Å². The molecule has 11 heavy (non-hydrogen) atoms. The Morgan fingerprint density at radius 2 is 1.73 bits per heavy atom. The molecule has 0 fully saturated rings. The number of aliphatic imine (C=N–C) groups is 1. The zero-order valence-electron chi connectivity index (χ0n) is 8.65. The summed E-state index contributed by atoms with van der Waals surface area (Å²) in [6, 6.07) is 0. The first kappa shape index (κ1) is 10.9. The molecule has 1 nitrogen and oxygen atoms in total. The molecule has 0 heterocycles. The first-order chi connectivity index (χ1) is 4.84. The average Bonchev–Trinajstić information content (AvgIpc) is 1.80. The van der Waals surface area contributed by atoms with Crippen molar-refractivity contribution in [3.8, 4) is 0 Å². The van der Waals surface area contributed by atoms with Crippen LogP contribution < -0.4 is 0 Å². The maximum atomic E-state index is 4.56. The van der Waals surface area contributed by atoms with Crippen LogP contribution in [0, 0.1) is 5.41 Å². The SMILES string of the molecule is CC(=NC[Si](C)C)C(C)(C)C. The quantitative estimate of drug-likeness (QED) is 0.446. The lowest BCUT2D eigenvalue weighted by Crippen LogP contribution is -2.19. The molecule has 0 N–H and O–H groups in total. The lowest BCUT2D eigenvalue weighted by atomic mass is 9.91. The van der Waals surface area contributed by atoms with Crippen molar-refractivity contribution in [3.05, 3.63) is 0 Å². The fraction of sp³-hybridized carbons (Fsp3) is 0.889. The molecule has 0 saturated carbocycles. The van der Waals surface area contributed by atoms with Gasteiger partial charge in [-0.2, -0.15) is 0 Å². The molecule has 0 aromatic rings. The molecule has 1 radical (unpaired) electrons. The van der Waals surface area contributed by atoms with Gasteiger partial charge in [-0.3, -0.25) is 4.99 Å². The Morgan fingerprint density at radius 3 is 2.00 bits per heavy atom. The molecule has 0 atom stereocenters. The Kier molecular flexibility index (Phi) is 4.01. The van der Waals surface area contributed by atoms with Crippen LogP contribution in [-0.2, 0) is 0 Å². The number of nitrogens with zero attached hydrogens (tertiary/aromatic N) is 1. The first-order valence-corrected chi connectivity index (χ1v) is 6.85. The summed E-state index contributed by atoms with van der Waals surface area (Å²) < 4.78 is 0. The molecule has 0 aliphatic rings. The molecule has 0 saturated heterocycles. The van der Waals surface area contributed by atoms with E-state index in [1.165, 1.54) is 5.71 Å². The number of hydrogen-bond donors (Lipinski definition) is 0. The average molecular weight is 170 g/mol. The predicted octanol–water partition coefficient (Wildman–Crippen LogP) is 2.79. The van der Waals surface area contributed by atoms with Gasteiger partial charge in [0.1, 0.15) is 0 Å². The van der Waals surface area contributed by atoms with Crippen LogP contribution >= 0.6 is 0 Å². The van der Waals surface area contributed by atoms with Gasteiger partial charge in [0.05, 0.1) is 8.80 Å². The van der Waals surface area contributed by atoms with Crippen molar-refractivity contribution in [2.75, 3.05) is 6.17 Å². The van der Waals surface area contributed by atoms with Crippen molar-refractivity contribution in [1.29, 1.82) is 0 Å². The second kappa shape index (κ2) is 4.05. The highest BCUT2D eigenvalue weighted by Gasteiger charge is 2.13. The van der Waals surface area contributed by atoms with Crippen LogP contribution in [0.5, 0.6) is 0 Å². The zero-order chi connectivity index (χ0) is 9.07. The highest BCUT2D eigenvalue weighted by molar-refractivity contribution is 6.56. The van der Waals surface area contributed by atoms with E-state index in [0.717, 1.165) is 6.17 Å². The van der Waals surface area contributed by atoms with Gasteiger partial charge < -0.3 is 0 Å². The van der Waals surface area contributed by atoms with Gasteiger partial charge in [0.2, 0.25) is 0 Å². The van der Waals surface area contributed by atoms with Crippen molar-refractivity contribution in [1.82, 2.24) is 0 Å². The Hall–Kier alpha value is -0.113. The molecule has 0 amide bonds. The Balaban J connectivity index is 4.02. The third kappa shape index (κ3) is 5.19. The highest BCUT2D eigenvalue weighted by Crippen LogP contribution is 2.15. The van der Waals surface area contributed by atoms with Crippen molar-refractivity contribution in [3.63, 3.8) is 0 Å².